The van der Waals surface area contributed by atoms with Crippen LogP contribution in [0.15, 0.2) is 137 Å². The molecule has 4 aliphatic rings. The summed E-state index contributed by atoms with van der Waals surface area (Å²) in [5.74, 6) is 0.697. The van der Waals surface area contributed by atoms with Gasteiger partial charge in [-0.15, -0.1) is 0 Å². The lowest BCUT2D eigenvalue weighted by Crippen LogP contribution is -2.40. The zero-order chi connectivity index (χ0) is 32.7. The molecule has 2 unspecified atom stereocenters. The first-order valence-electron chi connectivity index (χ1n) is 15.1. The quantitative estimate of drug-likeness (QED) is 0.225. The second kappa shape index (κ2) is 10.2. The predicted molar refractivity (Wildman–Crippen MR) is 175 cm³/mol. The van der Waals surface area contributed by atoms with Crippen LogP contribution in [0.4, 0.5) is 19.1 Å². The molecule has 234 valence electrons. The SMILES string of the molecule is CC1(C)C2=CC3C(=C4C=CC=CC4N3c3nc(-c4ccccc4)nc(-c4cccc(S(=O)(=O)C(F)(F)F)c4)n3)C=C2c2ccccc21. The average molecular weight is 649 g/mol. The molecule has 0 fully saturated rings. The number of alkyl halides is 3. The van der Waals surface area contributed by atoms with Gasteiger partial charge in [0.05, 0.1) is 17.0 Å². The minimum atomic E-state index is -5.59. The lowest BCUT2D eigenvalue weighted by atomic mass is 9.78. The van der Waals surface area contributed by atoms with Gasteiger partial charge in [-0.3, -0.25) is 0 Å². The number of hydrogen-bond donors (Lipinski definition) is 0. The third-order valence-electron chi connectivity index (χ3n) is 9.32. The average Bonchev–Trinajstić information content (AvgIpc) is 3.52. The second-order valence-corrected chi connectivity index (χ2v) is 14.3. The molecule has 1 aliphatic heterocycles. The molecule has 1 aromatic heterocycles. The predicted octanol–water partition coefficient (Wildman–Crippen LogP) is 7.79. The fourth-order valence-electron chi connectivity index (χ4n) is 7.04. The Morgan fingerprint density at radius 2 is 1.49 bits per heavy atom. The number of benzene rings is 3. The van der Waals surface area contributed by atoms with Crippen molar-refractivity contribution >= 4 is 21.4 Å². The molecular weight excluding hydrogens is 621 g/mol. The normalized spacial score (nSPS) is 20.7. The maximum atomic E-state index is 13.5. The fraction of sp³-hybridized carbons (Fsp3) is 0.162. The van der Waals surface area contributed by atoms with Gasteiger partial charge in [0, 0.05) is 16.5 Å². The topological polar surface area (TPSA) is 76.1 Å². The Balaban J connectivity index is 1.32. The molecule has 6 nitrogen and oxygen atoms in total. The summed E-state index contributed by atoms with van der Waals surface area (Å²) in [6.07, 6.45) is 12.7. The van der Waals surface area contributed by atoms with E-state index in [1.165, 1.54) is 34.4 Å². The number of halogens is 3. The number of rotatable bonds is 4. The van der Waals surface area contributed by atoms with Gasteiger partial charge in [-0.2, -0.15) is 23.1 Å². The van der Waals surface area contributed by atoms with Crippen LogP contribution in [0.25, 0.3) is 28.3 Å². The van der Waals surface area contributed by atoms with Crippen molar-refractivity contribution in [3.05, 3.63) is 143 Å². The van der Waals surface area contributed by atoms with Gasteiger partial charge >= 0.3 is 5.51 Å². The van der Waals surface area contributed by atoms with Gasteiger partial charge < -0.3 is 4.90 Å². The summed E-state index contributed by atoms with van der Waals surface area (Å²) in [7, 11) is -5.59. The Bertz CT molecular complexity index is 2250. The Labute approximate surface area is 270 Å². The lowest BCUT2D eigenvalue weighted by molar-refractivity contribution is -0.0436. The Kier molecular flexibility index (Phi) is 6.37. The molecule has 0 spiro atoms. The zero-order valence-corrected chi connectivity index (χ0v) is 26.1. The van der Waals surface area contributed by atoms with Gasteiger partial charge in [-0.1, -0.05) is 111 Å². The van der Waals surface area contributed by atoms with E-state index in [9.17, 15) is 21.6 Å². The van der Waals surface area contributed by atoms with E-state index >= 15 is 0 Å². The van der Waals surface area contributed by atoms with E-state index in [1.807, 2.05) is 42.5 Å². The number of hydrogen-bond acceptors (Lipinski definition) is 6. The summed E-state index contributed by atoms with van der Waals surface area (Å²) < 4.78 is 65.1. The number of fused-ring (bicyclic) bond motifs is 5. The highest BCUT2D eigenvalue weighted by Crippen LogP contribution is 2.54. The van der Waals surface area contributed by atoms with Crippen molar-refractivity contribution in [2.75, 3.05) is 4.90 Å². The first-order valence-corrected chi connectivity index (χ1v) is 16.6. The van der Waals surface area contributed by atoms with Crippen molar-refractivity contribution in [1.29, 1.82) is 0 Å². The maximum Gasteiger partial charge on any atom is 0.501 e. The van der Waals surface area contributed by atoms with Crippen molar-refractivity contribution in [2.24, 2.45) is 0 Å². The summed E-state index contributed by atoms with van der Waals surface area (Å²) in [5, 5.41) is 0. The molecule has 47 heavy (non-hydrogen) atoms. The molecule has 0 bridgehead atoms. The van der Waals surface area contributed by atoms with Crippen LogP contribution >= 0.6 is 0 Å². The largest absolute Gasteiger partial charge is 0.501 e. The van der Waals surface area contributed by atoms with E-state index in [-0.39, 0.29) is 28.9 Å². The van der Waals surface area contributed by atoms with Crippen LogP contribution in [-0.2, 0) is 15.3 Å². The Morgan fingerprint density at radius 1 is 0.787 bits per heavy atom. The monoisotopic (exact) mass is 648 g/mol. The number of anilines is 1. The zero-order valence-electron chi connectivity index (χ0n) is 25.3. The van der Waals surface area contributed by atoms with Gasteiger partial charge in [-0.05, 0) is 51.6 Å². The van der Waals surface area contributed by atoms with Gasteiger partial charge in [0.2, 0.25) is 5.95 Å². The molecule has 10 heteroatoms. The molecule has 3 aliphatic carbocycles. The van der Waals surface area contributed by atoms with Gasteiger partial charge in [0.25, 0.3) is 9.84 Å². The van der Waals surface area contributed by atoms with Gasteiger partial charge in [-0.25, -0.2) is 13.4 Å². The molecule has 0 saturated carbocycles. The van der Waals surface area contributed by atoms with Crippen LogP contribution in [0.2, 0.25) is 0 Å². The molecule has 0 amide bonds. The number of allylic oxidation sites excluding steroid dienone is 4. The highest BCUT2D eigenvalue weighted by atomic mass is 32.2. The molecule has 2 heterocycles. The van der Waals surface area contributed by atoms with E-state index < -0.39 is 20.2 Å². The molecule has 3 aromatic carbocycles. The standard InChI is InChI=1S/C37H27F3N4O2S/c1-36(2)29-17-8-6-15-25(29)27-20-28-26-16-7-9-18-31(26)44(32(28)21-30(27)36)35-42-33(22-11-4-3-5-12-22)41-34(43-35)23-13-10-14-24(19-23)47(45,46)37(38,39)40/h3-21,31-32H,1-2H3. The Hall–Kier alpha value is -5.09. The summed E-state index contributed by atoms with van der Waals surface area (Å²) in [6, 6.07) is 21.9. The van der Waals surface area contributed by atoms with Crippen LogP contribution in [0, 0.1) is 0 Å². The van der Waals surface area contributed by atoms with Crippen molar-refractivity contribution < 1.29 is 21.6 Å². The van der Waals surface area contributed by atoms with Gasteiger partial charge in [0.15, 0.2) is 11.6 Å². The number of sulfone groups is 1. The molecule has 0 N–H and O–H groups in total. The van der Waals surface area contributed by atoms with Crippen molar-refractivity contribution in [3.8, 4) is 22.8 Å². The van der Waals surface area contributed by atoms with Crippen molar-refractivity contribution in [2.45, 2.75) is 41.7 Å². The summed E-state index contributed by atoms with van der Waals surface area (Å²) in [4.78, 5) is 15.6. The van der Waals surface area contributed by atoms with E-state index in [4.69, 9.17) is 9.97 Å². The molecule has 8 rings (SSSR count). The second-order valence-electron chi connectivity index (χ2n) is 12.4. The molecule has 0 radical (unpaired) electrons. The third kappa shape index (κ3) is 4.46. The molecule has 0 saturated heterocycles. The molecule has 4 aromatic rings. The van der Waals surface area contributed by atoms with Gasteiger partial charge in [0.1, 0.15) is 0 Å². The molecular formula is C37H27F3N4O2S. The maximum absolute atomic E-state index is 13.5. The fourth-order valence-corrected chi connectivity index (χ4v) is 7.85. The van der Waals surface area contributed by atoms with Crippen LogP contribution in [-0.4, -0.2) is 41.0 Å². The van der Waals surface area contributed by atoms with Crippen molar-refractivity contribution in [3.63, 3.8) is 0 Å². The first-order chi connectivity index (χ1) is 22.4. The van der Waals surface area contributed by atoms with Crippen LogP contribution in [0.1, 0.15) is 25.0 Å². The molecule has 2 atom stereocenters. The van der Waals surface area contributed by atoms with E-state index in [0.29, 0.717) is 17.3 Å². The smallest absolute Gasteiger partial charge is 0.320 e. The highest BCUT2D eigenvalue weighted by Gasteiger charge is 2.48. The first kappa shape index (κ1) is 29.3. The van der Waals surface area contributed by atoms with Crippen LogP contribution in [0.5, 0.6) is 0 Å². The van der Waals surface area contributed by atoms with Crippen LogP contribution in [0.3, 0.4) is 0 Å². The summed E-state index contributed by atoms with van der Waals surface area (Å²) in [5.41, 5.74) is 2.19. The van der Waals surface area contributed by atoms with E-state index in [0.717, 1.165) is 23.3 Å². The minimum absolute atomic E-state index is 0.0618. The van der Waals surface area contributed by atoms with Crippen molar-refractivity contribution in [1.82, 2.24) is 15.0 Å². The lowest BCUT2D eigenvalue weighted by Gasteiger charge is -2.33. The minimum Gasteiger partial charge on any atom is -0.320 e. The van der Waals surface area contributed by atoms with E-state index in [2.05, 4.69) is 72.3 Å². The number of aromatic nitrogens is 3. The summed E-state index contributed by atoms with van der Waals surface area (Å²) >= 11 is 0. The number of nitrogens with zero attached hydrogens (tertiary/aromatic N) is 4. The highest BCUT2D eigenvalue weighted by molar-refractivity contribution is 7.92. The summed E-state index contributed by atoms with van der Waals surface area (Å²) in [6.45, 7) is 4.44. The van der Waals surface area contributed by atoms with Crippen LogP contribution < -0.4 is 4.90 Å². The third-order valence-corrected chi connectivity index (χ3v) is 10.8. The Morgan fingerprint density at radius 3 is 2.26 bits per heavy atom. The van der Waals surface area contributed by atoms with E-state index in [1.54, 1.807) is 0 Å².